The molecule has 0 fully saturated rings. The van der Waals surface area contributed by atoms with Crippen molar-refractivity contribution >= 4 is 29.3 Å². The number of halogens is 1. The minimum Gasteiger partial charge on any atom is -0.346 e. The van der Waals surface area contributed by atoms with E-state index in [9.17, 15) is 14.0 Å². The topological polar surface area (TPSA) is 84.0 Å². The Morgan fingerprint density at radius 2 is 1.71 bits per heavy atom. The number of amides is 2. The first-order valence-electron chi connectivity index (χ1n) is 7.19. The molecule has 2 N–H and O–H groups in total. The Labute approximate surface area is 143 Å². The predicted molar refractivity (Wildman–Crippen MR) is 90.3 cm³/mol. The lowest BCUT2D eigenvalue weighted by Crippen LogP contribution is -2.33. The van der Waals surface area contributed by atoms with E-state index in [1.165, 1.54) is 36.0 Å². The third kappa shape index (κ3) is 5.96. The second-order valence-corrected chi connectivity index (χ2v) is 6.00. The van der Waals surface area contributed by atoms with E-state index in [1.807, 2.05) is 19.9 Å². The molecule has 0 saturated heterocycles. The van der Waals surface area contributed by atoms with E-state index in [0.29, 0.717) is 10.8 Å². The molecule has 6 nitrogen and oxygen atoms in total. The van der Waals surface area contributed by atoms with Crippen LogP contribution >= 0.6 is 11.8 Å². The Bertz CT molecular complexity index is 717. The van der Waals surface area contributed by atoms with Crippen LogP contribution < -0.4 is 10.6 Å². The van der Waals surface area contributed by atoms with Gasteiger partial charge in [0.15, 0.2) is 5.16 Å². The maximum absolute atomic E-state index is 12.8. The van der Waals surface area contributed by atoms with Gasteiger partial charge in [0.05, 0.1) is 12.3 Å². The molecular formula is C16H17FN4O2S. The summed E-state index contributed by atoms with van der Waals surface area (Å²) in [4.78, 5) is 31.9. The van der Waals surface area contributed by atoms with Crippen LogP contribution in [0.15, 0.2) is 35.5 Å². The fourth-order valence-corrected chi connectivity index (χ4v) is 2.64. The van der Waals surface area contributed by atoms with Crippen molar-refractivity contribution in [3.63, 3.8) is 0 Å². The molecule has 24 heavy (non-hydrogen) atoms. The highest BCUT2D eigenvalue weighted by Crippen LogP contribution is 2.13. The molecule has 0 aliphatic carbocycles. The van der Waals surface area contributed by atoms with Gasteiger partial charge in [0.1, 0.15) is 5.82 Å². The number of nitrogens with one attached hydrogen (secondary N) is 2. The van der Waals surface area contributed by atoms with Crippen LogP contribution in [0.4, 0.5) is 10.1 Å². The van der Waals surface area contributed by atoms with Crippen molar-refractivity contribution in [3.05, 3.63) is 47.5 Å². The summed E-state index contributed by atoms with van der Waals surface area (Å²) in [6.07, 6.45) is 0. The van der Waals surface area contributed by atoms with Crippen molar-refractivity contribution < 1.29 is 14.0 Å². The van der Waals surface area contributed by atoms with E-state index >= 15 is 0 Å². The molecule has 0 aliphatic heterocycles. The van der Waals surface area contributed by atoms with Gasteiger partial charge >= 0.3 is 0 Å². The standard InChI is InChI=1S/C16H17FN4O2S/c1-10-7-11(2)20-16(19-10)24-9-15(23)18-8-14(22)21-13-5-3-12(17)4-6-13/h3-7H,8-9H2,1-2H3,(H,18,23)(H,21,22). The van der Waals surface area contributed by atoms with Crippen molar-refractivity contribution in [3.8, 4) is 0 Å². The fraction of sp³-hybridized carbons (Fsp3) is 0.250. The van der Waals surface area contributed by atoms with Crippen LogP contribution in [0.5, 0.6) is 0 Å². The summed E-state index contributed by atoms with van der Waals surface area (Å²) < 4.78 is 12.8. The molecule has 0 radical (unpaired) electrons. The van der Waals surface area contributed by atoms with E-state index in [1.54, 1.807) is 0 Å². The number of rotatable bonds is 6. The molecule has 126 valence electrons. The molecule has 1 heterocycles. The molecule has 1 aromatic heterocycles. The lowest BCUT2D eigenvalue weighted by molar-refractivity contribution is -0.122. The number of thioether (sulfide) groups is 1. The SMILES string of the molecule is Cc1cc(C)nc(SCC(=O)NCC(=O)Nc2ccc(F)cc2)n1. The van der Waals surface area contributed by atoms with Crippen molar-refractivity contribution in [1.29, 1.82) is 0 Å². The lowest BCUT2D eigenvalue weighted by atomic mass is 10.3. The third-order valence-corrected chi connectivity index (χ3v) is 3.72. The van der Waals surface area contributed by atoms with Crippen molar-refractivity contribution in [2.75, 3.05) is 17.6 Å². The average molecular weight is 348 g/mol. The molecule has 0 atom stereocenters. The van der Waals surface area contributed by atoms with Crippen molar-refractivity contribution in [2.45, 2.75) is 19.0 Å². The van der Waals surface area contributed by atoms with Crippen LogP contribution in [0.25, 0.3) is 0 Å². The number of hydrogen-bond acceptors (Lipinski definition) is 5. The molecule has 0 unspecified atom stereocenters. The average Bonchev–Trinajstić information content (AvgIpc) is 2.52. The fourth-order valence-electron chi connectivity index (χ4n) is 1.86. The summed E-state index contributed by atoms with van der Waals surface area (Å²) >= 11 is 1.21. The first kappa shape index (κ1) is 17.9. The summed E-state index contributed by atoms with van der Waals surface area (Å²) in [5.41, 5.74) is 2.14. The summed E-state index contributed by atoms with van der Waals surface area (Å²) in [6, 6.07) is 7.23. The van der Waals surface area contributed by atoms with Gasteiger partial charge in [-0.15, -0.1) is 0 Å². The number of nitrogens with zero attached hydrogens (tertiary/aromatic N) is 2. The number of carbonyl (C=O) groups excluding carboxylic acids is 2. The summed E-state index contributed by atoms with van der Waals surface area (Å²) in [5, 5.41) is 5.60. The molecule has 2 amide bonds. The first-order valence-corrected chi connectivity index (χ1v) is 8.18. The van der Waals surface area contributed by atoms with E-state index < -0.39 is 0 Å². The highest BCUT2D eigenvalue weighted by molar-refractivity contribution is 7.99. The van der Waals surface area contributed by atoms with Crippen LogP contribution in [0.2, 0.25) is 0 Å². The zero-order chi connectivity index (χ0) is 17.5. The number of aryl methyl sites for hydroxylation is 2. The highest BCUT2D eigenvalue weighted by atomic mass is 32.2. The molecule has 2 rings (SSSR count). The molecule has 0 spiro atoms. The van der Waals surface area contributed by atoms with Crippen molar-refractivity contribution in [2.24, 2.45) is 0 Å². The minimum atomic E-state index is -0.386. The van der Waals surface area contributed by atoms with Gasteiger partial charge in [-0.3, -0.25) is 9.59 Å². The van der Waals surface area contributed by atoms with Gasteiger partial charge in [-0.1, -0.05) is 11.8 Å². The number of anilines is 1. The van der Waals surface area contributed by atoms with Gasteiger partial charge < -0.3 is 10.6 Å². The molecule has 2 aromatic rings. The van der Waals surface area contributed by atoms with E-state index in [0.717, 1.165) is 11.4 Å². The summed E-state index contributed by atoms with van der Waals surface area (Å²) in [6.45, 7) is 3.56. The Morgan fingerprint density at radius 3 is 2.33 bits per heavy atom. The van der Waals surface area contributed by atoms with Gasteiger partial charge in [0.2, 0.25) is 11.8 Å². The van der Waals surface area contributed by atoms with Crippen molar-refractivity contribution in [1.82, 2.24) is 15.3 Å². The van der Waals surface area contributed by atoms with Crippen LogP contribution in [0.1, 0.15) is 11.4 Å². The molecule has 0 saturated carbocycles. The van der Waals surface area contributed by atoms with E-state index in [4.69, 9.17) is 0 Å². The maximum Gasteiger partial charge on any atom is 0.243 e. The molecule has 8 heteroatoms. The second-order valence-electron chi connectivity index (χ2n) is 5.05. The zero-order valence-electron chi connectivity index (χ0n) is 13.3. The smallest absolute Gasteiger partial charge is 0.243 e. The Hall–Kier alpha value is -2.48. The number of hydrogen-bond donors (Lipinski definition) is 2. The monoisotopic (exact) mass is 348 g/mol. The molecule has 1 aromatic carbocycles. The lowest BCUT2D eigenvalue weighted by Gasteiger charge is -2.07. The van der Waals surface area contributed by atoms with Gasteiger partial charge in [0, 0.05) is 17.1 Å². The normalized spacial score (nSPS) is 10.3. The van der Waals surface area contributed by atoms with Crippen LogP contribution in [-0.2, 0) is 9.59 Å². The van der Waals surface area contributed by atoms with Crippen LogP contribution in [0, 0.1) is 19.7 Å². The summed E-state index contributed by atoms with van der Waals surface area (Å²) in [7, 11) is 0. The highest BCUT2D eigenvalue weighted by Gasteiger charge is 2.08. The Kier molecular flexibility index (Phi) is 6.25. The predicted octanol–water partition coefficient (Wildman–Crippen LogP) is 2.08. The number of aromatic nitrogens is 2. The van der Waals surface area contributed by atoms with E-state index in [-0.39, 0.29) is 29.9 Å². The first-order chi connectivity index (χ1) is 11.4. The van der Waals surface area contributed by atoms with Gasteiger partial charge in [-0.25, -0.2) is 14.4 Å². The molecular weight excluding hydrogens is 331 g/mol. The second kappa shape index (κ2) is 8.39. The van der Waals surface area contributed by atoms with E-state index in [2.05, 4.69) is 20.6 Å². The van der Waals surface area contributed by atoms with Crippen LogP contribution in [0.3, 0.4) is 0 Å². The Balaban J connectivity index is 1.74. The quantitative estimate of drug-likeness (QED) is 0.617. The largest absolute Gasteiger partial charge is 0.346 e. The number of carbonyl (C=O) groups is 2. The number of benzene rings is 1. The van der Waals surface area contributed by atoms with Gasteiger partial charge in [-0.05, 0) is 44.2 Å². The summed E-state index contributed by atoms with van der Waals surface area (Å²) in [5.74, 6) is -0.946. The Morgan fingerprint density at radius 1 is 1.08 bits per heavy atom. The van der Waals surface area contributed by atoms with Gasteiger partial charge in [-0.2, -0.15) is 0 Å². The third-order valence-electron chi connectivity index (χ3n) is 2.87. The molecule has 0 bridgehead atoms. The molecule has 0 aliphatic rings. The van der Waals surface area contributed by atoms with Crippen LogP contribution in [-0.4, -0.2) is 34.1 Å². The van der Waals surface area contributed by atoms with Gasteiger partial charge in [0.25, 0.3) is 0 Å². The minimum absolute atomic E-state index is 0.118. The zero-order valence-corrected chi connectivity index (χ0v) is 14.1. The maximum atomic E-state index is 12.8.